The number of carbonyl (C=O) groups is 2. The Balaban J connectivity index is 0.000000287. The van der Waals surface area contributed by atoms with Gasteiger partial charge in [0.25, 0.3) is 0 Å². The van der Waals surface area contributed by atoms with Crippen molar-refractivity contribution in [2.45, 2.75) is 0 Å². The van der Waals surface area contributed by atoms with Crippen LogP contribution in [0.3, 0.4) is 0 Å². The number of carboxylic acids is 2. The zero-order valence-corrected chi connectivity index (χ0v) is 25.0. The number of hydrogen-bond donors (Lipinski definition) is 1. The summed E-state index contributed by atoms with van der Waals surface area (Å²) in [5, 5.41) is 19.9. The lowest BCUT2D eigenvalue weighted by Gasteiger charge is -2.07. The number of nitrogens with one attached hydrogen (secondary N) is 1. The zero-order chi connectivity index (χ0) is 31.3. The van der Waals surface area contributed by atoms with Gasteiger partial charge in [-0.05, 0) is 59.7 Å². The van der Waals surface area contributed by atoms with Gasteiger partial charge in [0.05, 0.1) is 16.0 Å². The van der Waals surface area contributed by atoms with E-state index < -0.39 is 25.2 Å². The van der Waals surface area contributed by atoms with E-state index in [1.54, 1.807) is 30.6 Å². The van der Waals surface area contributed by atoms with E-state index in [1.165, 1.54) is 24.3 Å². The van der Waals surface area contributed by atoms with Crippen molar-refractivity contribution in [2.24, 2.45) is 0 Å². The molecular weight excluding hydrogens is 626 g/mol. The third-order valence-corrected chi connectivity index (χ3v) is 5.47. The number of aromatic nitrogens is 2. The maximum atomic E-state index is 10.2. The van der Waals surface area contributed by atoms with Crippen LogP contribution in [0.15, 0.2) is 98.6 Å². The quantitative estimate of drug-likeness (QED) is 0.232. The molecule has 2 aromatic heterocycles. The highest BCUT2D eigenvalue weighted by molar-refractivity contribution is 6.36. The first-order chi connectivity index (χ1) is 20.0. The number of benzene rings is 2. The molecule has 0 aliphatic heterocycles. The molecule has 12 heteroatoms. The number of ether oxygens (including phenoxy) is 2. The summed E-state index contributed by atoms with van der Waals surface area (Å²) in [6, 6.07) is 16.8. The normalized spacial score (nSPS) is 9.24. The van der Waals surface area contributed by atoms with Crippen molar-refractivity contribution < 1.29 is 34.3 Å². The number of rotatable bonds is 8. The minimum Gasteiger partial charge on any atom is -0.546 e. The number of H-pyrrole nitrogens is 1. The van der Waals surface area contributed by atoms with Crippen molar-refractivity contribution in [1.82, 2.24) is 4.98 Å². The molecule has 0 unspecified atom stereocenters. The Morgan fingerprint density at radius 2 is 1.24 bits per heavy atom. The lowest BCUT2D eigenvalue weighted by atomic mass is 10.3. The van der Waals surface area contributed by atoms with Gasteiger partial charge in [0.15, 0.2) is 19.0 Å². The smallest absolute Gasteiger partial charge is 0.341 e. The molecule has 0 saturated heterocycles. The van der Waals surface area contributed by atoms with Crippen molar-refractivity contribution in [3.05, 3.63) is 130 Å². The second kappa shape index (κ2) is 20.7. The summed E-state index contributed by atoms with van der Waals surface area (Å²) in [6.07, 6.45) is 10.8. The molecule has 0 fully saturated rings. The largest absolute Gasteiger partial charge is 0.546 e. The van der Waals surface area contributed by atoms with Gasteiger partial charge < -0.3 is 24.5 Å². The lowest BCUT2D eigenvalue weighted by Crippen LogP contribution is -2.28. The van der Waals surface area contributed by atoms with Crippen molar-refractivity contribution >= 4 is 70.5 Å². The van der Waals surface area contributed by atoms with Crippen molar-refractivity contribution in [2.75, 3.05) is 13.2 Å². The van der Waals surface area contributed by atoms with Crippen LogP contribution >= 0.6 is 46.4 Å². The Labute approximate surface area is 263 Å². The van der Waals surface area contributed by atoms with Crippen LogP contribution in [0.2, 0.25) is 20.1 Å². The van der Waals surface area contributed by atoms with Gasteiger partial charge in [-0.3, -0.25) is 4.98 Å². The maximum absolute atomic E-state index is 10.2. The molecule has 0 bridgehead atoms. The summed E-state index contributed by atoms with van der Waals surface area (Å²) in [5.41, 5.74) is 2.25. The van der Waals surface area contributed by atoms with Gasteiger partial charge in [-0.15, -0.1) is 0 Å². The fraction of sp³-hybridized carbons (Fsp3) is 0.0667. The average Bonchev–Trinajstić information content (AvgIpc) is 2.98. The van der Waals surface area contributed by atoms with Crippen LogP contribution in [0.5, 0.6) is 11.5 Å². The minimum absolute atomic E-state index is 0.272. The molecule has 0 atom stereocenters. The molecule has 220 valence electrons. The summed E-state index contributed by atoms with van der Waals surface area (Å²) < 4.78 is 9.66. The number of carboxylic acid groups (broad SMARTS) is 2. The molecular formula is C30H26Cl4N2O6. The highest BCUT2D eigenvalue weighted by atomic mass is 35.5. The Morgan fingerprint density at radius 1 is 0.786 bits per heavy atom. The van der Waals surface area contributed by atoms with E-state index >= 15 is 0 Å². The predicted molar refractivity (Wildman–Crippen MR) is 164 cm³/mol. The van der Waals surface area contributed by atoms with Crippen LogP contribution in [0.25, 0.3) is 12.2 Å². The van der Waals surface area contributed by atoms with E-state index in [2.05, 4.69) is 23.1 Å². The van der Waals surface area contributed by atoms with Gasteiger partial charge in [-0.1, -0.05) is 71.7 Å². The molecule has 8 nitrogen and oxygen atoms in total. The second-order valence-corrected chi connectivity index (χ2v) is 9.20. The standard InChI is InChI=1S/2C8H6Cl2O3.2C7H7N/c2*9-5-1-2-7(6(10)3-5)13-4-8(11)12;2*1-2-7-3-5-8-6-4-7/h2*1-3H,4H2,(H,11,12);2*2-6H,1H2. The fourth-order valence-corrected chi connectivity index (χ4v) is 3.42. The zero-order valence-electron chi connectivity index (χ0n) is 22.0. The minimum atomic E-state index is -1.30. The summed E-state index contributed by atoms with van der Waals surface area (Å²) >= 11 is 22.6. The van der Waals surface area contributed by atoms with E-state index in [0.29, 0.717) is 20.8 Å². The Bertz CT molecular complexity index is 1320. The van der Waals surface area contributed by atoms with Crippen LogP contribution < -0.4 is 19.6 Å². The number of hydrogen-bond acceptors (Lipinski definition) is 6. The van der Waals surface area contributed by atoms with Crippen LogP contribution in [-0.4, -0.2) is 35.2 Å². The first-order valence-electron chi connectivity index (χ1n) is 11.7. The molecule has 4 aromatic rings. The number of carbonyl (C=O) groups excluding carboxylic acids is 1. The number of halogens is 4. The Hall–Kier alpha value is -4.08. The van der Waals surface area contributed by atoms with Gasteiger partial charge in [-0.25, -0.2) is 9.78 Å². The van der Waals surface area contributed by atoms with Gasteiger partial charge >= 0.3 is 5.97 Å². The molecule has 0 saturated carbocycles. The molecule has 2 N–H and O–H groups in total. The van der Waals surface area contributed by atoms with Gasteiger partial charge in [0.2, 0.25) is 0 Å². The average molecular weight is 652 g/mol. The van der Waals surface area contributed by atoms with E-state index in [9.17, 15) is 14.7 Å². The number of aromatic amines is 1. The monoisotopic (exact) mass is 650 g/mol. The summed E-state index contributed by atoms with van der Waals surface area (Å²) in [4.78, 5) is 27.0. The first-order valence-corrected chi connectivity index (χ1v) is 13.2. The molecule has 0 amide bonds. The lowest BCUT2D eigenvalue weighted by molar-refractivity contribution is -0.378. The molecule has 2 heterocycles. The fourth-order valence-electron chi connectivity index (χ4n) is 2.50. The highest BCUT2D eigenvalue weighted by Gasteiger charge is 2.04. The Morgan fingerprint density at radius 3 is 1.60 bits per heavy atom. The molecule has 42 heavy (non-hydrogen) atoms. The van der Waals surface area contributed by atoms with E-state index in [4.69, 9.17) is 61.0 Å². The van der Waals surface area contributed by atoms with E-state index in [1.807, 2.05) is 42.7 Å². The van der Waals surface area contributed by atoms with Crippen LogP contribution in [-0.2, 0) is 9.59 Å². The molecule has 2 aromatic carbocycles. The van der Waals surface area contributed by atoms with Crippen molar-refractivity contribution in [3.63, 3.8) is 0 Å². The topological polar surface area (TPSA) is 123 Å². The highest BCUT2D eigenvalue weighted by Crippen LogP contribution is 2.28. The van der Waals surface area contributed by atoms with E-state index in [0.717, 1.165) is 11.1 Å². The summed E-state index contributed by atoms with van der Waals surface area (Å²) in [5.74, 6) is -1.76. The third-order valence-electron chi connectivity index (χ3n) is 4.41. The summed E-state index contributed by atoms with van der Waals surface area (Å²) in [7, 11) is 0. The van der Waals surface area contributed by atoms with E-state index in [-0.39, 0.29) is 10.8 Å². The second-order valence-electron chi connectivity index (χ2n) is 7.51. The molecule has 4 rings (SSSR count). The van der Waals surface area contributed by atoms with Crippen LogP contribution in [0.1, 0.15) is 11.1 Å². The third kappa shape index (κ3) is 16.2. The van der Waals surface area contributed by atoms with Gasteiger partial charge in [-0.2, -0.15) is 0 Å². The molecule has 0 radical (unpaired) electrons. The first kappa shape index (κ1) is 35.9. The number of aliphatic carboxylic acids is 2. The maximum Gasteiger partial charge on any atom is 0.341 e. The van der Waals surface area contributed by atoms with Crippen LogP contribution in [0.4, 0.5) is 0 Å². The van der Waals surface area contributed by atoms with Crippen LogP contribution in [0, 0.1) is 0 Å². The number of nitrogens with zero attached hydrogens (tertiary/aromatic N) is 1. The number of pyridine rings is 2. The van der Waals surface area contributed by atoms with Crippen molar-refractivity contribution in [3.8, 4) is 11.5 Å². The molecule has 0 spiro atoms. The van der Waals surface area contributed by atoms with Gasteiger partial charge in [0, 0.05) is 34.6 Å². The predicted octanol–water partition coefficient (Wildman–Crippen LogP) is 6.45. The Kier molecular flexibility index (Phi) is 17.8. The molecule has 0 aliphatic rings. The SMILES string of the molecule is C=Cc1cc[nH+]cc1.C=Cc1ccncc1.O=C(O)COc1ccc(Cl)cc1Cl.O=C([O-])COc1ccc(Cl)cc1Cl. The van der Waals surface area contributed by atoms with Crippen molar-refractivity contribution in [1.29, 1.82) is 0 Å². The summed E-state index contributed by atoms with van der Waals surface area (Å²) in [6.45, 7) is 6.28. The van der Waals surface area contributed by atoms with Gasteiger partial charge in [0.1, 0.15) is 18.1 Å². The molecule has 0 aliphatic carbocycles.